The minimum atomic E-state index is -2.83. The Morgan fingerprint density at radius 2 is 1.97 bits per heavy atom. The van der Waals surface area contributed by atoms with Crippen LogP contribution in [0.15, 0.2) is 18.3 Å². The van der Waals surface area contributed by atoms with E-state index in [0.717, 1.165) is 17.0 Å². The largest absolute Gasteiger partial charge is 0.365 e. The SMILES string of the molecule is CCn1ncc(-c2cc(C(F)F)nc3sc(C(N)=O)c(NC(=O)c4cc(C)nn4C)c23)c1C. The van der Waals surface area contributed by atoms with Gasteiger partial charge in [0.1, 0.15) is 21.1 Å². The first-order valence-corrected chi connectivity index (χ1v) is 10.8. The van der Waals surface area contributed by atoms with Crippen LogP contribution in [-0.4, -0.2) is 36.4 Å². The molecule has 0 aliphatic carbocycles. The topological polar surface area (TPSA) is 121 Å². The highest BCUT2D eigenvalue weighted by Gasteiger charge is 2.27. The van der Waals surface area contributed by atoms with Gasteiger partial charge in [-0.05, 0) is 38.5 Å². The zero-order valence-corrected chi connectivity index (χ0v) is 19.1. The molecule has 0 saturated carbocycles. The number of anilines is 1. The number of aromatic nitrogens is 5. The minimum Gasteiger partial charge on any atom is -0.365 e. The number of hydrogen-bond donors (Lipinski definition) is 2. The molecule has 3 N–H and O–H groups in total. The number of nitrogens with one attached hydrogen (secondary N) is 1. The van der Waals surface area contributed by atoms with Gasteiger partial charge in [0.2, 0.25) is 0 Å². The molecule has 4 aromatic heterocycles. The van der Waals surface area contributed by atoms with Gasteiger partial charge >= 0.3 is 0 Å². The molecule has 0 fully saturated rings. The molecule has 0 bridgehead atoms. The molecule has 2 amide bonds. The lowest BCUT2D eigenvalue weighted by molar-refractivity contribution is 0.100. The standard InChI is InChI=1S/C21H21F2N7O2S/c1-5-30-10(3)12(8-25-30)11-7-13(18(22)23)26-21-15(11)16(17(33-21)19(24)31)27-20(32)14-6-9(2)28-29(14)4/h6-8,18H,5H2,1-4H3,(H2,24,31)(H,27,32). The molecule has 0 atom stereocenters. The van der Waals surface area contributed by atoms with Crippen LogP contribution >= 0.6 is 11.3 Å². The van der Waals surface area contributed by atoms with Gasteiger partial charge in [-0.3, -0.25) is 19.0 Å². The predicted molar refractivity (Wildman–Crippen MR) is 121 cm³/mol. The number of carbonyl (C=O) groups excluding carboxylic acids is 2. The van der Waals surface area contributed by atoms with Gasteiger partial charge < -0.3 is 11.1 Å². The van der Waals surface area contributed by atoms with Crippen LogP contribution in [0.5, 0.6) is 0 Å². The number of nitrogens with two attached hydrogens (primary N) is 1. The van der Waals surface area contributed by atoms with E-state index in [0.29, 0.717) is 28.8 Å². The van der Waals surface area contributed by atoms with Gasteiger partial charge in [-0.2, -0.15) is 10.2 Å². The van der Waals surface area contributed by atoms with Crippen molar-refractivity contribution in [3.05, 3.63) is 46.0 Å². The number of hydrogen-bond acceptors (Lipinski definition) is 6. The highest BCUT2D eigenvalue weighted by atomic mass is 32.1. The van der Waals surface area contributed by atoms with Crippen molar-refractivity contribution in [2.45, 2.75) is 33.7 Å². The van der Waals surface area contributed by atoms with Crippen LogP contribution in [0, 0.1) is 13.8 Å². The molecule has 0 saturated heterocycles. The maximum absolute atomic E-state index is 13.7. The molecular formula is C21H21F2N7O2S. The van der Waals surface area contributed by atoms with E-state index >= 15 is 0 Å². The van der Waals surface area contributed by atoms with Crippen molar-refractivity contribution >= 4 is 39.1 Å². The summed E-state index contributed by atoms with van der Waals surface area (Å²) in [6.45, 7) is 6.06. The first kappa shape index (κ1) is 22.5. The third-order valence-electron chi connectivity index (χ3n) is 5.30. The van der Waals surface area contributed by atoms with E-state index < -0.39 is 23.9 Å². The van der Waals surface area contributed by atoms with Gasteiger partial charge in [-0.15, -0.1) is 11.3 Å². The highest BCUT2D eigenvalue weighted by molar-refractivity contribution is 7.21. The van der Waals surface area contributed by atoms with Gasteiger partial charge in [0, 0.05) is 30.2 Å². The molecular weight excluding hydrogens is 452 g/mol. The Labute approximate surface area is 191 Å². The molecule has 0 aliphatic heterocycles. The van der Waals surface area contributed by atoms with Crippen LogP contribution in [0.2, 0.25) is 0 Å². The van der Waals surface area contributed by atoms with E-state index in [9.17, 15) is 18.4 Å². The molecule has 9 nitrogen and oxygen atoms in total. The molecule has 33 heavy (non-hydrogen) atoms. The van der Waals surface area contributed by atoms with E-state index in [4.69, 9.17) is 5.73 Å². The number of aryl methyl sites for hydroxylation is 3. The summed E-state index contributed by atoms with van der Waals surface area (Å²) in [5, 5.41) is 11.6. The minimum absolute atomic E-state index is 0.0120. The number of nitrogens with zero attached hydrogens (tertiary/aromatic N) is 5. The van der Waals surface area contributed by atoms with Crippen LogP contribution in [0.4, 0.5) is 14.5 Å². The Kier molecular flexibility index (Phi) is 5.70. The molecule has 12 heteroatoms. The van der Waals surface area contributed by atoms with Crippen LogP contribution in [0.1, 0.15) is 50.6 Å². The van der Waals surface area contributed by atoms with Gasteiger partial charge in [0.05, 0.1) is 17.6 Å². The summed E-state index contributed by atoms with van der Waals surface area (Å²) in [6.07, 6.45) is -1.26. The summed E-state index contributed by atoms with van der Waals surface area (Å²) in [7, 11) is 1.62. The number of halogens is 2. The molecule has 4 aromatic rings. The number of amides is 2. The van der Waals surface area contributed by atoms with Crippen molar-refractivity contribution in [1.29, 1.82) is 0 Å². The summed E-state index contributed by atoms with van der Waals surface area (Å²) in [4.78, 5) is 29.5. The molecule has 0 aromatic carbocycles. The lowest BCUT2D eigenvalue weighted by Crippen LogP contribution is -2.19. The first-order valence-electron chi connectivity index (χ1n) is 10.0. The summed E-state index contributed by atoms with van der Waals surface area (Å²) >= 11 is 0.854. The Bertz CT molecular complexity index is 1400. The molecule has 4 rings (SSSR count). The van der Waals surface area contributed by atoms with E-state index in [1.807, 2.05) is 13.8 Å². The lowest BCUT2D eigenvalue weighted by atomic mass is 10.0. The average molecular weight is 474 g/mol. The second kappa shape index (κ2) is 8.35. The molecule has 0 spiro atoms. The van der Waals surface area contributed by atoms with E-state index in [1.54, 1.807) is 30.9 Å². The predicted octanol–water partition coefficient (Wildman–Crippen LogP) is 3.82. The first-order chi connectivity index (χ1) is 15.6. The van der Waals surface area contributed by atoms with Crippen molar-refractivity contribution in [1.82, 2.24) is 24.5 Å². The number of thiophene rings is 1. The maximum Gasteiger partial charge on any atom is 0.280 e. The number of primary amides is 1. The van der Waals surface area contributed by atoms with Crippen LogP contribution in [-0.2, 0) is 13.6 Å². The van der Waals surface area contributed by atoms with Crippen molar-refractivity contribution in [2.24, 2.45) is 12.8 Å². The van der Waals surface area contributed by atoms with Gasteiger partial charge in [0.25, 0.3) is 18.2 Å². The number of rotatable bonds is 6. The third kappa shape index (κ3) is 3.86. The highest BCUT2D eigenvalue weighted by Crippen LogP contribution is 2.43. The summed E-state index contributed by atoms with van der Waals surface area (Å²) < 4.78 is 30.4. The second-order valence-corrected chi connectivity index (χ2v) is 8.45. The quantitative estimate of drug-likeness (QED) is 0.441. The Morgan fingerprint density at radius 3 is 2.52 bits per heavy atom. The monoisotopic (exact) mass is 473 g/mol. The molecule has 0 aliphatic rings. The normalized spacial score (nSPS) is 11.5. The number of pyridine rings is 1. The van der Waals surface area contributed by atoms with Crippen LogP contribution in [0.25, 0.3) is 21.3 Å². The molecule has 0 radical (unpaired) electrons. The van der Waals surface area contributed by atoms with Crippen LogP contribution < -0.4 is 11.1 Å². The van der Waals surface area contributed by atoms with Gasteiger partial charge in [0.15, 0.2) is 0 Å². The third-order valence-corrected chi connectivity index (χ3v) is 6.39. The van der Waals surface area contributed by atoms with Gasteiger partial charge in [-0.1, -0.05) is 0 Å². The van der Waals surface area contributed by atoms with Crippen molar-refractivity contribution in [2.75, 3.05) is 5.32 Å². The summed E-state index contributed by atoms with van der Waals surface area (Å²) in [5.74, 6) is -1.33. The van der Waals surface area contributed by atoms with Crippen molar-refractivity contribution in [3.63, 3.8) is 0 Å². The van der Waals surface area contributed by atoms with Crippen LogP contribution in [0.3, 0.4) is 0 Å². The van der Waals surface area contributed by atoms with E-state index in [2.05, 4.69) is 20.5 Å². The van der Waals surface area contributed by atoms with E-state index in [1.165, 1.54) is 10.7 Å². The number of carbonyl (C=O) groups is 2. The summed E-state index contributed by atoms with van der Waals surface area (Å²) in [6, 6.07) is 2.86. The summed E-state index contributed by atoms with van der Waals surface area (Å²) in [5.41, 5.74) is 7.87. The fraction of sp³-hybridized carbons (Fsp3) is 0.286. The molecule has 172 valence electrons. The molecule has 4 heterocycles. The number of fused-ring (bicyclic) bond motifs is 1. The lowest BCUT2D eigenvalue weighted by Gasteiger charge is -2.11. The average Bonchev–Trinajstić information content (AvgIpc) is 3.41. The van der Waals surface area contributed by atoms with E-state index in [-0.39, 0.29) is 21.1 Å². The fourth-order valence-electron chi connectivity index (χ4n) is 3.76. The zero-order valence-electron chi connectivity index (χ0n) is 18.3. The second-order valence-electron chi connectivity index (χ2n) is 7.45. The van der Waals surface area contributed by atoms with Crippen molar-refractivity contribution < 1.29 is 18.4 Å². The Hall–Kier alpha value is -3.67. The van der Waals surface area contributed by atoms with Gasteiger partial charge in [-0.25, -0.2) is 13.8 Å². The zero-order chi connectivity index (χ0) is 24.0. The smallest absolute Gasteiger partial charge is 0.280 e. The Morgan fingerprint density at radius 1 is 1.24 bits per heavy atom. The molecule has 0 unspecified atom stereocenters. The maximum atomic E-state index is 13.7. The van der Waals surface area contributed by atoms with Crippen molar-refractivity contribution in [3.8, 4) is 11.1 Å². The number of alkyl halides is 2. The Balaban J connectivity index is 1.99. The fourth-order valence-corrected chi connectivity index (χ4v) is 4.78.